The maximum absolute atomic E-state index is 13.5. The van der Waals surface area contributed by atoms with Crippen LogP contribution < -0.4 is 20.7 Å². The van der Waals surface area contributed by atoms with Gasteiger partial charge >= 0.3 is 6.18 Å². The van der Waals surface area contributed by atoms with Crippen LogP contribution in [0.5, 0.6) is 5.75 Å². The molecule has 0 aliphatic heterocycles. The topological polar surface area (TPSA) is 97.3 Å². The summed E-state index contributed by atoms with van der Waals surface area (Å²) < 4.78 is 83.7. The summed E-state index contributed by atoms with van der Waals surface area (Å²) in [6.45, 7) is -1.35. The zero-order chi connectivity index (χ0) is 32.3. The molecule has 1 aromatic heterocycles. The molecule has 0 spiro atoms. The summed E-state index contributed by atoms with van der Waals surface area (Å²) in [6, 6.07) is 8.89. The number of benzene rings is 3. The van der Waals surface area contributed by atoms with Crippen molar-refractivity contribution in [3.8, 4) is 5.75 Å². The van der Waals surface area contributed by atoms with E-state index in [1.54, 1.807) is 7.05 Å². The number of hydrogen-bond acceptors (Lipinski definition) is 5. The number of aromatic nitrogens is 2. The van der Waals surface area contributed by atoms with Crippen molar-refractivity contribution in [2.24, 2.45) is 7.05 Å². The number of anilines is 3. The maximum atomic E-state index is 13.5. The van der Waals surface area contributed by atoms with Crippen LogP contribution in [0.15, 0.2) is 42.5 Å². The van der Waals surface area contributed by atoms with E-state index >= 15 is 0 Å². The minimum absolute atomic E-state index is 0.0177. The number of carbonyl (C=O) groups is 2. The van der Waals surface area contributed by atoms with Crippen LogP contribution in [0.25, 0.3) is 11.0 Å². The second-order valence-corrected chi connectivity index (χ2v) is 10.4. The number of carbonyl (C=O) groups excluding carboxylic acids is 2. The Kier molecular flexibility index (Phi) is 10.1. The number of fused-ring (bicyclic) bond motifs is 1. The van der Waals surface area contributed by atoms with Gasteiger partial charge in [0, 0.05) is 25.3 Å². The quantitative estimate of drug-likeness (QED) is 0.148. The first kappa shape index (κ1) is 33.0. The Morgan fingerprint density at radius 3 is 2.43 bits per heavy atom. The number of imidazole rings is 1. The van der Waals surface area contributed by atoms with Crippen LogP contribution in [0.1, 0.15) is 22.3 Å². The third-order valence-electron chi connectivity index (χ3n) is 6.01. The molecule has 0 bridgehead atoms. The van der Waals surface area contributed by atoms with Gasteiger partial charge in [0.2, 0.25) is 11.9 Å². The predicted octanol–water partition coefficient (Wildman–Crippen LogP) is 7.88. The average Bonchev–Trinajstić information content (AvgIpc) is 3.23. The van der Waals surface area contributed by atoms with E-state index in [1.165, 1.54) is 41.0 Å². The lowest BCUT2D eigenvalue weighted by Gasteiger charge is -2.14. The van der Waals surface area contributed by atoms with Crippen LogP contribution in [0.3, 0.4) is 0 Å². The SMILES string of the molecule is Cn1c(Nc2c(Cl)ccc(CNC(=O)CC(F)(F)F)c2Cl)nc2cc(C(=O)Nc3ccc(F)c(Cl)c3)c(OCC(F)F)cc21. The molecule has 0 radical (unpaired) electrons. The van der Waals surface area contributed by atoms with Crippen molar-refractivity contribution in [2.75, 3.05) is 17.2 Å². The normalized spacial score (nSPS) is 11.6. The van der Waals surface area contributed by atoms with Gasteiger partial charge in [0.15, 0.2) is 0 Å². The molecule has 8 nitrogen and oxygen atoms in total. The van der Waals surface area contributed by atoms with E-state index in [2.05, 4.69) is 20.9 Å². The molecular formula is C27H20Cl3F6N5O3. The molecule has 0 aliphatic rings. The largest absolute Gasteiger partial charge is 0.487 e. The van der Waals surface area contributed by atoms with Crippen molar-refractivity contribution >= 4 is 75.0 Å². The molecule has 4 aromatic rings. The fourth-order valence-corrected chi connectivity index (χ4v) is 4.66. The highest BCUT2D eigenvalue weighted by Crippen LogP contribution is 2.37. The van der Waals surface area contributed by atoms with Crippen molar-refractivity contribution in [3.63, 3.8) is 0 Å². The summed E-state index contributed by atoms with van der Waals surface area (Å²) >= 11 is 18.6. The first-order chi connectivity index (χ1) is 20.6. The zero-order valence-corrected chi connectivity index (χ0v) is 24.5. The Hall–Kier alpha value is -3.88. The minimum Gasteiger partial charge on any atom is -0.487 e. The summed E-state index contributed by atoms with van der Waals surface area (Å²) in [5.74, 6) is -2.83. The predicted molar refractivity (Wildman–Crippen MR) is 154 cm³/mol. The number of alkyl halides is 5. The van der Waals surface area contributed by atoms with E-state index in [4.69, 9.17) is 39.5 Å². The highest BCUT2D eigenvalue weighted by Gasteiger charge is 2.31. The standard InChI is InChI=1S/C27H20Cl3F6N5O3/c1-41-19-8-20(44-11-21(32)33)14(25(43)38-13-3-5-17(31)16(29)6-13)7-18(19)39-26(41)40-24-15(28)4-2-12(23(24)30)10-37-22(42)9-27(34,35)36/h2-8,21H,9-11H2,1H3,(H,37,42)(H,38,43)(H,39,40). The minimum atomic E-state index is -4.68. The number of hydrogen-bond donors (Lipinski definition) is 3. The molecule has 44 heavy (non-hydrogen) atoms. The molecule has 0 unspecified atom stereocenters. The smallest absolute Gasteiger partial charge is 0.397 e. The molecule has 234 valence electrons. The summed E-state index contributed by atoms with van der Waals surface area (Å²) in [4.78, 5) is 29.2. The van der Waals surface area contributed by atoms with E-state index in [9.17, 15) is 35.9 Å². The van der Waals surface area contributed by atoms with Gasteiger partial charge in [0.05, 0.1) is 37.4 Å². The van der Waals surface area contributed by atoms with E-state index in [-0.39, 0.29) is 61.3 Å². The molecule has 3 N–H and O–H groups in total. The lowest BCUT2D eigenvalue weighted by molar-refractivity contribution is -0.153. The summed E-state index contributed by atoms with van der Waals surface area (Å²) in [7, 11) is 1.55. The van der Waals surface area contributed by atoms with Crippen LogP contribution in [0, 0.1) is 5.82 Å². The molecule has 0 aliphatic carbocycles. The first-order valence-corrected chi connectivity index (χ1v) is 13.5. The number of nitrogens with one attached hydrogen (secondary N) is 3. The lowest BCUT2D eigenvalue weighted by atomic mass is 10.1. The van der Waals surface area contributed by atoms with Crippen LogP contribution in [0.4, 0.5) is 43.7 Å². The van der Waals surface area contributed by atoms with Crippen molar-refractivity contribution in [3.05, 3.63) is 74.5 Å². The molecule has 0 fully saturated rings. The second-order valence-electron chi connectivity index (χ2n) is 9.21. The van der Waals surface area contributed by atoms with Gasteiger partial charge in [-0.25, -0.2) is 18.2 Å². The lowest BCUT2D eigenvalue weighted by Crippen LogP contribution is -2.28. The Bertz CT molecular complexity index is 1730. The van der Waals surface area contributed by atoms with Crippen LogP contribution >= 0.6 is 34.8 Å². The summed E-state index contributed by atoms with van der Waals surface area (Å²) in [5.41, 5.74) is 0.856. The van der Waals surface area contributed by atoms with Crippen LogP contribution in [0.2, 0.25) is 15.1 Å². The average molecular weight is 683 g/mol. The summed E-state index contributed by atoms with van der Waals surface area (Å²) in [6.07, 6.45) is -9.19. The van der Waals surface area contributed by atoms with Gasteiger partial charge in [-0.1, -0.05) is 40.9 Å². The van der Waals surface area contributed by atoms with Gasteiger partial charge in [-0.3, -0.25) is 9.59 Å². The molecule has 1 heterocycles. The van der Waals surface area contributed by atoms with Gasteiger partial charge < -0.3 is 25.3 Å². The highest BCUT2D eigenvalue weighted by molar-refractivity contribution is 6.39. The molecule has 0 atom stereocenters. The van der Waals surface area contributed by atoms with Crippen molar-refractivity contribution in [2.45, 2.75) is 25.6 Å². The van der Waals surface area contributed by atoms with Crippen molar-refractivity contribution in [1.82, 2.24) is 14.9 Å². The highest BCUT2D eigenvalue weighted by atomic mass is 35.5. The molecule has 4 rings (SSSR count). The Morgan fingerprint density at radius 2 is 1.77 bits per heavy atom. The number of aryl methyl sites for hydroxylation is 1. The van der Waals surface area contributed by atoms with Gasteiger partial charge in [-0.2, -0.15) is 13.2 Å². The molecule has 0 saturated carbocycles. The number of amides is 2. The maximum Gasteiger partial charge on any atom is 0.397 e. The number of rotatable bonds is 10. The molecule has 17 heteroatoms. The van der Waals surface area contributed by atoms with Gasteiger partial charge in [0.1, 0.15) is 24.6 Å². The van der Waals surface area contributed by atoms with Crippen LogP contribution in [-0.4, -0.2) is 40.6 Å². The van der Waals surface area contributed by atoms with Gasteiger partial charge in [0.25, 0.3) is 12.3 Å². The van der Waals surface area contributed by atoms with Crippen molar-refractivity contribution in [1.29, 1.82) is 0 Å². The Morgan fingerprint density at radius 1 is 1.05 bits per heavy atom. The molecule has 0 saturated heterocycles. The second kappa shape index (κ2) is 13.4. The Labute approximate surface area is 260 Å². The van der Waals surface area contributed by atoms with Crippen molar-refractivity contribution < 1.29 is 40.7 Å². The molecule has 2 amide bonds. The third-order valence-corrected chi connectivity index (χ3v) is 7.05. The van der Waals surface area contributed by atoms with E-state index in [0.717, 1.165) is 6.07 Å². The monoisotopic (exact) mass is 681 g/mol. The van der Waals surface area contributed by atoms with E-state index in [1.807, 2.05) is 0 Å². The van der Waals surface area contributed by atoms with Gasteiger partial charge in [-0.15, -0.1) is 0 Å². The fourth-order valence-electron chi connectivity index (χ4n) is 3.95. The number of nitrogens with zero attached hydrogens (tertiary/aromatic N) is 2. The number of ether oxygens (including phenoxy) is 1. The zero-order valence-electron chi connectivity index (χ0n) is 22.3. The van der Waals surface area contributed by atoms with Crippen LogP contribution in [-0.2, 0) is 18.4 Å². The molecular weight excluding hydrogens is 663 g/mol. The molecule has 3 aromatic carbocycles. The summed E-state index contributed by atoms with van der Waals surface area (Å²) in [5, 5.41) is 7.39. The first-order valence-electron chi connectivity index (χ1n) is 12.4. The van der Waals surface area contributed by atoms with Gasteiger partial charge in [-0.05, 0) is 35.9 Å². The Balaban J connectivity index is 1.66. The number of halogens is 9. The third kappa shape index (κ3) is 7.98. The van der Waals surface area contributed by atoms with E-state index < -0.39 is 43.3 Å². The van der Waals surface area contributed by atoms with E-state index in [0.29, 0.717) is 5.52 Å². The fraction of sp³-hybridized carbons (Fsp3) is 0.222.